The minimum absolute atomic E-state index is 0.388. The maximum absolute atomic E-state index is 11.4. The summed E-state index contributed by atoms with van der Waals surface area (Å²) in [4.78, 5) is 15.9. The van der Waals surface area contributed by atoms with Crippen molar-refractivity contribution in [3.63, 3.8) is 0 Å². The third-order valence-corrected chi connectivity index (χ3v) is 6.77. The van der Waals surface area contributed by atoms with Crippen LogP contribution in [0.1, 0.15) is 31.7 Å². The Bertz CT molecular complexity index is 1600. The van der Waals surface area contributed by atoms with E-state index in [-0.39, 0.29) is 0 Å². The van der Waals surface area contributed by atoms with Crippen molar-refractivity contribution in [1.82, 2.24) is 10.3 Å². The summed E-state index contributed by atoms with van der Waals surface area (Å²) in [6.45, 7) is 3.05. The molecule has 10 heteroatoms. The van der Waals surface area contributed by atoms with Crippen molar-refractivity contribution in [2.24, 2.45) is 5.73 Å². The Hall–Kier alpha value is -5.01. The fourth-order valence-corrected chi connectivity index (χ4v) is 4.30. The Balaban J connectivity index is 1.32. The zero-order valence-corrected chi connectivity index (χ0v) is 23.6. The van der Waals surface area contributed by atoms with Crippen molar-refractivity contribution in [2.45, 2.75) is 38.3 Å². The largest absolute Gasteiger partial charge is 0.493 e. The second-order valence-corrected chi connectivity index (χ2v) is 9.97. The fraction of sp³-hybridized carbons (Fsp3) is 0.281. The first kappa shape index (κ1) is 28.5. The summed E-state index contributed by atoms with van der Waals surface area (Å²) in [5, 5.41) is 17.4. The number of amides is 1. The summed E-state index contributed by atoms with van der Waals surface area (Å²) in [6, 6.07) is 20.9. The summed E-state index contributed by atoms with van der Waals surface area (Å²) in [5.74, 6) is 2.00. The molecule has 1 aliphatic carbocycles. The second-order valence-electron chi connectivity index (χ2n) is 9.97. The first-order valence-corrected chi connectivity index (χ1v) is 13.8. The van der Waals surface area contributed by atoms with Crippen molar-refractivity contribution in [2.75, 3.05) is 25.6 Å². The van der Waals surface area contributed by atoms with Gasteiger partial charge in [-0.05, 0) is 75.2 Å². The van der Waals surface area contributed by atoms with Gasteiger partial charge in [0.2, 0.25) is 0 Å². The number of fused-ring (bicyclic) bond motifs is 1. The molecule has 3 aromatic carbocycles. The van der Waals surface area contributed by atoms with Crippen LogP contribution in [-0.4, -0.2) is 43.3 Å². The second kappa shape index (κ2) is 13.1. The summed E-state index contributed by atoms with van der Waals surface area (Å²) in [6.07, 6.45) is 4.14. The SMILES string of the molecule is COc1cc2c(Nc3ccc(Oc4ccccc4OC(C)C(N)=O)cc3)c(C#N)cnc2cc1OCCCNC1CC1. The molecular formula is C32H33N5O5. The molecule has 1 aliphatic rings. The number of rotatable bonds is 14. The Labute approximate surface area is 244 Å². The van der Waals surface area contributed by atoms with Crippen molar-refractivity contribution >= 4 is 28.2 Å². The van der Waals surface area contributed by atoms with E-state index >= 15 is 0 Å². The molecule has 1 unspecified atom stereocenters. The number of nitrogens with zero attached hydrogens (tertiary/aromatic N) is 2. The van der Waals surface area contributed by atoms with E-state index < -0.39 is 12.0 Å². The normalized spacial score (nSPS) is 13.2. The Morgan fingerprint density at radius 2 is 1.86 bits per heavy atom. The van der Waals surface area contributed by atoms with Crippen LogP contribution in [0.15, 0.2) is 66.9 Å². The highest BCUT2D eigenvalue weighted by Gasteiger charge is 2.20. The Morgan fingerprint density at radius 3 is 2.55 bits per heavy atom. The van der Waals surface area contributed by atoms with E-state index in [0.717, 1.165) is 24.0 Å². The molecule has 1 heterocycles. The number of para-hydroxylation sites is 2. The van der Waals surface area contributed by atoms with E-state index in [1.54, 1.807) is 50.6 Å². The molecule has 216 valence electrons. The van der Waals surface area contributed by atoms with E-state index in [1.165, 1.54) is 12.8 Å². The van der Waals surface area contributed by atoms with Crippen molar-refractivity contribution in [3.8, 4) is 34.8 Å². The number of anilines is 2. The van der Waals surface area contributed by atoms with E-state index in [9.17, 15) is 10.1 Å². The zero-order chi connectivity index (χ0) is 29.5. The topological polar surface area (TPSA) is 141 Å². The summed E-state index contributed by atoms with van der Waals surface area (Å²) < 4.78 is 23.3. The lowest BCUT2D eigenvalue weighted by Gasteiger charge is -2.16. The van der Waals surface area contributed by atoms with E-state index in [2.05, 4.69) is 21.7 Å². The average Bonchev–Trinajstić information content (AvgIpc) is 3.83. The first-order chi connectivity index (χ1) is 20.4. The van der Waals surface area contributed by atoms with Crippen LogP contribution in [-0.2, 0) is 4.79 Å². The molecule has 1 fully saturated rings. The van der Waals surface area contributed by atoms with Gasteiger partial charge in [0.15, 0.2) is 29.1 Å². The van der Waals surface area contributed by atoms with Crippen LogP contribution in [0.2, 0.25) is 0 Å². The van der Waals surface area contributed by atoms with Gasteiger partial charge < -0.3 is 35.3 Å². The highest BCUT2D eigenvalue weighted by atomic mass is 16.5. The molecule has 0 saturated heterocycles. The van der Waals surface area contributed by atoms with Gasteiger partial charge in [0.25, 0.3) is 5.91 Å². The number of primary amides is 1. The number of hydrogen-bond donors (Lipinski definition) is 3. The molecular weight excluding hydrogens is 534 g/mol. The number of pyridine rings is 1. The lowest BCUT2D eigenvalue weighted by atomic mass is 10.1. The van der Waals surface area contributed by atoms with Gasteiger partial charge in [-0.3, -0.25) is 9.78 Å². The lowest BCUT2D eigenvalue weighted by molar-refractivity contribution is -0.124. The number of nitrogens with one attached hydrogen (secondary N) is 2. The lowest BCUT2D eigenvalue weighted by Crippen LogP contribution is -2.30. The average molecular weight is 568 g/mol. The number of hydrogen-bond acceptors (Lipinski definition) is 9. The summed E-state index contributed by atoms with van der Waals surface area (Å²) in [5.41, 5.74) is 7.74. The standard InChI is InChI=1S/C32H33N5O5/c1-20(32(34)38)41-27-6-3-4-7-28(27)42-24-12-10-23(11-13-24)37-31-21(18-33)19-36-26-17-30(29(39-2)16-25(26)31)40-15-5-14-35-22-8-9-22/h3-4,6-7,10-13,16-17,19-20,22,35H,5,8-9,14-15H2,1-2H3,(H2,34,38)(H,36,37). The molecule has 4 N–H and O–H groups in total. The fourth-order valence-electron chi connectivity index (χ4n) is 4.30. The third-order valence-electron chi connectivity index (χ3n) is 6.77. The van der Waals surface area contributed by atoms with Gasteiger partial charge in [-0.2, -0.15) is 5.26 Å². The number of ether oxygens (including phenoxy) is 4. The predicted octanol–water partition coefficient (Wildman–Crippen LogP) is 5.42. The first-order valence-electron chi connectivity index (χ1n) is 13.8. The number of carbonyl (C=O) groups is 1. The van der Waals surface area contributed by atoms with Crippen LogP contribution in [0.4, 0.5) is 11.4 Å². The van der Waals surface area contributed by atoms with E-state index in [4.69, 9.17) is 24.7 Å². The van der Waals surface area contributed by atoms with Crippen LogP contribution >= 0.6 is 0 Å². The van der Waals surface area contributed by atoms with Crippen LogP contribution < -0.4 is 35.3 Å². The number of carbonyl (C=O) groups excluding carboxylic acids is 1. The van der Waals surface area contributed by atoms with Crippen molar-refractivity contribution in [1.29, 1.82) is 5.26 Å². The molecule has 0 aliphatic heterocycles. The van der Waals surface area contributed by atoms with Crippen molar-refractivity contribution in [3.05, 3.63) is 72.4 Å². The van der Waals surface area contributed by atoms with Gasteiger partial charge in [0.1, 0.15) is 11.8 Å². The molecule has 1 amide bonds. The smallest absolute Gasteiger partial charge is 0.258 e. The van der Waals surface area contributed by atoms with E-state index in [1.807, 2.05) is 30.3 Å². The van der Waals surface area contributed by atoms with E-state index in [0.29, 0.717) is 58.2 Å². The minimum Gasteiger partial charge on any atom is -0.493 e. The van der Waals surface area contributed by atoms with Gasteiger partial charge >= 0.3 is 0 Å². The van der Waals surface area contributed by atoms with Gasteiger partial charge in [0.05, 0.1) is 30.5 Å². The third kappa shape index (κ3) is 7.00. The molecule has 0 radical (unpaired) electrons. The molecule has 1 saturated carbocycles. The van der Waals surface area contributed by atoms with Gasteiger partial charge in [0, 0.05) is 29.4 Å². The van der Waals surface area contributed by atoms with Gasteiger partial charge in [-0.25, -0.2) is 0 Å². The highest BCUT2D eigenvalue weighted by molar-refractivity contribution is 5.97. The Kier molecular flexibility index (Phi) is 8.90. The Morgan fingerprint density at radius 1 is 1.10 bits per heavy atom. The predicted molar refractivity (Wildman–Crippen MR) is 160 cm³/mol. The van der Waals surface area contributed by atoms with Gasteiger partial charge in [-0.15, -0.1) is 0 Å². The summed E-state index contributed by atoms with van der Waals surface area (Å²) in [7, 11) is 1.59. The van der Waals surface area contributed by atoms with Crippen LogP contribution in [0.3, 0.4) is 0 Å². The van der Waals surface area contributed by atoms with Crippen LogP contribution in [0.5, 0.6) is 28.7 Å². The number of nitriles is 1. The molecule has 1 atom stereocenters. The monoisotopic (exact) mass is 567 g/mol. The van der Waals surface area contributed by atoms with Gasteiger partial charge in [-0.1, -0.05) is 12.1 Å². The summed E-state index contributed by atoms with van der Waals surface area (Å²) >= 11 is 0. The number of nitrogens with two attached hydrogens (primary N) is 1. The number of aromatic nitrogens is 1. The molecule has 5 rings (SSSR count). The highest BCUT2D eigenvalue weighted by Crippen LogP contribution is 2.38. The number of benzene rings is 3. The maximum atomic E-state index is 11.4. The molecule has 10 nitrogen and oxygen atoms in total. The molecule has 0 bridgehead atoms. The maximum Gasteiger partial charge on any atom is 0.258 e. The molecule has 4 aromatic rings. The minimum atomic E-state index is -0.804. The number of methoxy groups -OCH3 is 1. The quantitative estimate of drug-likeness (QED) is 0.170. The van der Waals surface area contributed by atoms with Crippen LogP contribution in [0.25, 0.3) is 10.9 Å². The molecule has 1 aromatic heterocycles. The molecule has 0 spiro atoms. The van der Waals surface area contributed by atoms with Crippen LogP contribution in [0, 0.1) is 11.3 Å². The molecule has 42 heavy (non-hydrogen) atoms. The zero-order valence-electron chi connectivity index (χ0n) is 23.6. The van der Waals surface area contributed by atoms with Crippen molar-refractivity contribution < 1.29 is 23.7 Å².